The third-order valence-corrected chi connectivity index (χ3v) is 5.99. The van der Waals surface area contributed by atoms with E-state index in [0.717, 1.165) is 32.8 Å². The van der Waals surface area contributed by atoms with Gasteiger partial charge in [-0.1, -0.05) is 30.3 Å². The van der Waals surface area contributed by atoms with Crippen LogP contribution in [0.4, 0.5) is 0 Å². The maximum Gasteiger partial charge on any atom is 0.251 e. The first-order chi connectivity index (χ1) is 15.1. The molecular weight excluding hydrogens is 402 g/mol. The summed E-state index contributed by atoms with van der Waals surface area (Å²) in [4.78, 5) is 22.3. The molecule has 0 saturated carbocycles. The highest BCUT2D eigenvalue weighted by molar-refractivity contribution is 7.98. The molecule has 154 valence electrons. The largest absolute Gasteiger partial charge is 0.346 e. The maximum absolute atomic E-state index is 12.6. The summed E-state index contributed by atoms with van der Waals surface area (Å²) in [7, 11) is 0. The Kier molecular flexibility index (Phi) is 6.43. The predicted molar refractivity (Wildman–Crippen MR) is 127 cm³/mol. The second-order valence-corrected chi connectivity index (χ2v) is 8.07. The minimum absolute atomic E-state index is 0.0962. The van der Waals surface area contributed by atoms with Crippen LogP contribution < -0.4 is 5.32 Å². The van der Waals surface area contributed by atoms with Crippen LogP contribution in [0.5, 0.6) is 0 Å². The predicted octanol–water partition coefficient (Wildman–Crippen LogP) is 5.77. The van der Waals surface area contributed by atoms with Gasteiger partial charge in [-0.15, -0.1) is 11.8 Å². The number of hydrogen-bond donors (Lipinski definition) is 1. The fraction of sp³-hybridized carbons (Fsp3) is 0.115. The van der Waals surface area contributed by atoms with Crippen molar-refractivity contribution in [1.29, 1.82) is 0 Å². The second kappa shape index (κ2) is 9.58. The summed E-state index contributed by atoms with van der Waals surface area (Å²) < 4.78 is 0. The van der Waals surface area contributed by atoms with Crippen molar-refractivity contribution in [2.75, 3.05) is 6.26 Å². The van der Waals surface area contributed by atoms with Crippen LogP contribution in [0.3, 0.4) is 0 Å². The average Bonchev–Trinajstić information content (AvgIpc) is 2.83. The highest BCUT2D eigenvalue weighted by atomic mass is 32.2. The number of benzene rings is 2. The van der Waals surface area contributed by atoms with Crippen LogP contribution in [0.25, 0.3) is 22.3 Å². The fourth-order valence-electron chi connectivity index (χ4n) is 3.40. The molecule has 31 heavy (non-hydrogen) atoms. The fourth-order valence-corrected chi connectivity index (χ4v) is 4.04. The Morgan fingerprint density at radius 2 is 1.68 bits per heavy atom. The topological polar surface area (TPSA) is 54.9 Å². The van der Waals surface area contributed by atoms with Crippen LogP contribution >= 0.6 is 11.8 Å². The van der Waals surface area contributed by atoms with E-state index < -0.39 is 0 Å². The summed E-state index contributed by atoms with van der Waals surface area (Å²) in [5.41, 5.74) is 7.00. The molecule has 0 fully saturated rings. The van der Waals surface area contributed by atoms with Gasteiger partial charge in [0.2, 0.25) is 0 Å². The Morgan fingerprint density at radius 1 is 0.903 bits per heavy atom. The molecule has 4 rings (SSSR count). The van der Waals surface area contributed by atoms with E-state index in [0.29, 0.717) is 12.1 Å². The van der Waals surface area contributed by atoms with E-state index in [1.807, 2.05) is 67.9 Å². The lowest BCUT2D eigenvalue weighted by atomic mass is 10.00. The number of hydrogen-bond acceptors (Lipinski definition) is 4. The number of pyridine rings is 2. The molecule has 2 aromatic heterocycles. The van der Waals surface area contributed by atoms with Gasteiger partial charge in [0.25, 0.3) is 5.91 Å². The number of nitrogens with zero attached hydrogens (tertiary/aromatic N) is 2. The Hall–Kier alpha value is -3.44. The van der Waals surface area contributed by atoms with Crippen LogP contribution in [0.2, 0.25) is 0 Å². The average molecular weight is 426 g/mol. The zero-order valence-electron chi connectivity index (χ0n) is 17.5. The van der Waals surface area contributed by atoms with Crippen molar-refractivity contribution in [2.45, 2.75) is 18.4 Å². The van der Waals surface area contributed by atoms with Crippen molar-refractivity contribution in [3.05, 3.63) is 102 Å². The van der Waals surface area contributed by atoms with Gasteiger partial charge in [-0.2, -0.15) is 0 Å². The lowest BCUT2D eigenvalue weighted by Gasteiger charge is -2.10. The van der Waals surface area contributed by atoms with Crippen molar-refractivity contribution in [1.82, 2.24) is 15.3 Å². The normalized spacial score (nSPS) is 10.6. The molecule has 0 unspecified atom stereocenters. The molecule has 1 N–H and O–H groups in total. The van der Waals surface area contributed by atoms with Gasteiger partial charge in [0.1, 0.15) is 0 Å². The summed E-state index contributed by atoms with van der Waals surface area (Å²) in [6, 6.07) is 22.1. The first-order valence-corrected chi connectivity index (χ1v) is 11.2. The van der Waals surface area contributed by atoms with E-state index >= 15 is 0 Å². The van der Waals surface area contributed by atoms with Gasteiger partial charge in [-0.3, -0.25) is 14.8 Å². The summed E-state index contributed by atoms with van der Waals surface area (Å²) in [5.74, 6) is -0.0962. The Labute approximate surface area is 186 Å². The molecule has 0 radical (unpaired) electrons. The summed E-state index contributed by atoms with van der Waals surface area (Å²) >= 11 is 1.64. The SMILES string of the molecule is CSc1cc(C(=O)NCc2cc(-c3cccc(-c4cccnc4)c3)ccn2)ccc1C. The summed E-state index contributed by atoms with van der Waals surface area (Å²) in [6.07, 6.45) is 7.43. The zero-order chi connectivity index (χ0) is 21.6. The molecule has 0 aliphatic rings. The molecule has 0 spiro atoms. The third kappa shape index (κ3) is 5.01. The van der Waals surface area contributed by atoms with E-state index in [9.17, 15) is 4.79 Å². The van der Waals surface area contributed by atoms with E-state index in [4.69, 9.17) is 0 Å². The number of aromatic nitrogens is 2. The van der Waals surface area contributed by atoms with Crippen molar-refractivity contribution in [3.8, 4) is 22.3 Å². The molecule has 0 aliphatic carbocycles. The smallest absolute Gasteiger partial charge is 0.251 e. The van der Waals surface area contributed by atoms with Crippen molar-refractivity contribution < 1.29 is 4.79 Å². The summed E-state index contributed by atoms with van der Waals surface area (Å²) in [5, 5.41) is 2.98. The first kappa shape index (κ1) is 20.8. The van der Waals surface area contributed by atoms with Gasteiger partial charge < -0.3 is 5.32 Å². The van der Waals surface area contributed by atoms with Gasteiger partial charge in [-0.05, 0) is 71.8 Å². The zero-order valence-corrected chi connectivity index (χ0v) is 18.3. The number of thioether (sulfide) groups is 1. The maximum atomic E-state index is 12.6. The highest BCUT2D eigenvalue weighted by Gasteiger charge is 2.09. The van der Waals surface area contributed by atoms with Crippen molar-refractivity contribution >= 4 is 17.7 Å². The van der Waals surface area contributed by atoms with Crippen LogP contribution in [0.1, 0.15) is 21.6 Å². The van der Waals surface area contributed by atoms with Crippen LogP contribution in [0.15, 0.2) is 90.2 Å². The van der Waals surface area contributed by atoms with E-state index in [2.05, 4.69) is 33.5 Å². The molecule has 2 heterocycles. The lowest BCUT2D eigenvalue weighted by molar-refractivity contribution is 0.0950. The number of carbonyl (C=O) groups is 1. The molecule has 0 saturated heterocycles. The number of nitrogens with one attached hydrogen (secondary N) is 1. The standard InChI is InChI=1S/C26H23N3OS/c1-18-8-9-22(15-25(18)31-2)26(30)29-17-24-14-21(10-12-28-24)19-5-3-6-20(13-19)23-7-4-11-27-16-23/h3-16H,17H2,1-2H3,(H,29,30). The molecule has 4 aromatic rings. The van der Waals surface area contributed by atoms with Crippen molar-refractivity contribution in [2.24, 2.45) is 0 Å². The molecule has 0 bridgehead atoms. The molecule has 2 aromatic carbocycles. The molecule has 4 nitrogen and oxygen atoms in total. The third-order valence-electron chi connectivity index (χ3n) is 5.11. The molecule has 5 heteroatoms. The molecule has 0 aliphatic heterocycles. The number of aryl methyl sites for hydroxylation is 1. The van der Waals surface area contributed by atoms with Gasteiger partial charge >= 0.3 is 0 Å². The first-order valence-electron chi connectivity index (χ1n) is 10.0. The molecule has 0 atom stereocenters. The van der Waals surface area contributed by atoms with E-state index in [1.165, 1.54) is 5.56 Å². The van der Waals surface area contributed by atoms with Crippen molar-refractivity contribution in [3.63, 3.8) is 0 Å². The Bertz CT molecular complexity index is 1210. The minimum atomic E-state index is -0.0962. The number of rotatable bonds is 6. The van der Waals surface area contributed by atoms with E-state index in [-0.39, 0.29) is 5.91 Å². The van der Waals surface area contributed by atoms with Gasteiger partial charge in [0, 0.05) is 34.6 Å². The molecule has 1 amide bonds. The van der Waals surface area contributed by atoms with Crippen LogP contribution in [-0.4, -0.2) is 22.1 Å². The highest BCUT2D eigenvalue weighted by Crippen LogP contribution is 2.26. The van der Waals surface area contributed by atoms with Crippen LogP contribution in [-0.2, 0) is 6.54 Å². The number of amides is 1. The number of carbonyl (C=O) groups excluding carboxylic acids is 1. The minimum Gasteiger partial charge on any atom is -0.346 e. The Balaban J connectivity index is 1.50. The lowest BCUT2D eigenvalue weighted by Crippen LogP contribution is -2.23. The summed E-state index contributed by atoms with van der Waals surface area (Å²) in [6.45, 7) is 2.42. The monoisotopic (exact) mass is 425 g/mol. The van der Waals surface area contributed by atoms with Gasteiger partial charge in [0.15, 0.2) is 0 Å². The molecular formula is C26H23N3OS. The second-order valence-electron chi connectivity index (χ2n) is 7.23. The van der Waals surface area contributed by atoms with E-state index in [1.54, 1.807) is 24.2 Å². The van der Waals surface area contributed by atoms with Crippen LogP contribution in [0, 0.1) is 6.92 Å². The Morgan fingerprint density at radius 3 is 2.45 bits per heavy atom. The van der Waals surface area contributed by atoms with Gasteiger partial charge in [0.05, 0.1) is 12.2 Å². The van der Waals surface area contributed by atoms with Gasteiger partial charge in [-0.25, -0.2) is 0 Å². The quantitative estimate of drug-likeness (QED) is 0.398.